The molecule has 28 heavy (non-hydrogen) atoms. The molecule has 0 aromatic carbocycles. The standard InChI is InChI=1S/C24H49N3O/c1-5-8-9-10-12-22(11-6-2)21-25(4)23-19-24(20-23)28-18-17-27-15-13-26(7-3)14-16-27/h22-24H,5-21H2,1-4H3/t22?,23-,24-. The number of piperazine rings is 1. The van der Waals surface area contributed by atoms with E-state index in [2.05, 4.69) is 42.5 Å². The Morgan fingerprint density at radius 2 is 1.61 bits per heavy atom. The summed E-state index contributed by atoms with van der Waals surface area (Å²) in [7, 11) is 2.35. The van der Waals surface area contributed by atoms with Crippen LogP contribution >= 0.6 is 0 Å². The molecule has 2 fully saturated rings. The molecule has 2 rings (SSSR count). The van der Waals surface area contributed by atoms with Gasteiger partial charge in [-0.15, -0.1) is 0 Å². The fraction of sp³-hybridized carbons (Fsp3) is 1.00. The Morgan fingerprint density at radius 1 is 0.893 bits per heavy atom. The lowest BCUT2D eigenvalue weighted by atomic mass is 9.86. The average molecular weight is 396 g/mol. The molecule has 1 aliphatic carbocycles. The summed E-state index contributed by atoms with van der Waals surface area (Å²) in [5.74, 6) is 0.897. The van der Waals surface area contributed by atoms with Gasteiger partial charge in [-0.2, -0.15) is 0 Å². The van der Waals surface area contributed by atoms with Gasteiger partial charge in [-0.1, -0.05) is 52.9 Å². The van der Waals surface area contributed by atoms with Gasteiger partial charge in [0.25, 0.3) is 0 Å². The van der Waals surface area contributed by atoms with Crippen LogP contribution in [0.15, 0.2) is 0 Å². The number of hydrogen-bond donors (Lipinski definition) is 0. The highest BCUT2D eigenvalue weighted by molar-refractivity contribution is 4.88. The summed E-state index contributed by atoms with van der Waals surface area (Å²) in [6, 6.07) is 0.757. The zero-order chi connectivity index (χ0) is 20.2. The summed E-state index contributed by atoms with van der Waals surface area (Å²) in [5, 5.41) is 0. The van der Waals surface area contributed by atoms with E-state index < -0.39 is 0 Å². The van der Waals surface area contributed by atoms with Crippen molar-refractivity contribution in [2.45, 2.75) is 90.7 Å². The van der Waals surface area contributed by atoms with Crippen molar-refractivity contribution in [2.75, 3.05) is 59.5 Å². The topological polar surface area (TPSA) is 19.0 Å². The van der Waals surface area contributed by atoms with Gasteiger partial charge < -0.3 is 14.5 Å². The van der Waals surface area contributed by atoms with Gasteiger partial charge in [0.15, 0.2) is 0 Å². The van der Waals surface area contributed by atoms with Crippen LogP contribution in [0.5, 0.6) is 0 Å². The van der Waals surface area contributed by atoms with Crippen molar-refractivity contribution in [3.8, 4) is 0 Å². The monoisotopic (exact) mass is 395 g/mol. The molecule has 0 spiro atoms. The normalized spacial score (nSPS) is 25.2. The van der Waals surface area contributed by atoms with Crippen LogP contribution in [0.4, 0.5) is 0 Å². The van der Waals surface area contributed by atoms with Gasteiger partial charge in [0.2, 0.25) is 0 Å². The molecule has 4 nitrogen and oxygen atoms in total. The second kappa shape index (κ2) is 14.0. The van der Waals surface area contributed by atoms with Crippen molar-refractivity contribution < 1.29 is 4.74 Å². The molecule has 0 aromatic rings. The van der Waals surface area contributed by atoms with Crippen molar-refractivity contribution >= 4 is 0 Å². The second-order valence-electron chi connectivity index (χ2n) is 9.34. The Morgan fingerprint density at radius 3 is 2.25 bits per heavy atom. The highest BCUT2D eigenvalue weighted by Gasteiger charge is 2.33. The average Bonchev–Trinajstić information content (AvgIpc) is 2.67. The van der Waals surface area contributed by atoms with Crippen LogP contribution in [0.25, 0.3) is 0 Å². The van der Waals surface area contributed by atoms with Crippen molar-refractivity contribution in [3.05, 3.63) is 0 Å². The lowest BCUT2D eigenvalue weighted by molar-refractivity contribution is -0.0551. The van der Waals surface area contributed by atoms with Crippen LogP contribution in [0.3, 0.4) is 0 Å². The molecule has 0 amide bonds. The van der Waals surface area contributed by atoms with Gasteiger partial charge in [0, 0.05) is 45.3 Å². The molecule has 1 heterocycles. The Kier molecular flexibility index (Phi) is 12.0. The quantitative estimate of drug-likeness (QED) is 0.380. The molecule has 4 heteroatoms. The Hall–Kier alpha value is -0.160. The summed E-state index contributed by atoms with van der Waals surface area (Å²) < 4.78 is 6.18. The molecular weight excluding hydrogens is 346 g/mol. The molecule has 0 bridgehead atoms. The third-order valence-electron chi connectivity index (χ3n) is 7.08. The van der Waals surface area contributed by atoms with Gasteiger partial charge in [-0.05, 0) is 45.2 Å². The van der Waals surface area contributed by atoms with E-state index in [1.807, 2.05) is 0 Å². The molecule has 1 saturated carbocycles. The van der Waals surface area contributed by atoms with Gasteiger partial charge in [-0.25, -0.2) is 0 Å². The van der Waals surface area contributed by atoms with E-state index in [9.17, 15) is 0 Å². The predicted molar refractivity (Wildman–Crippen MR) is 121 cm³/mol. The van der Waals surface area contributed by atoms with Crippen molar-refractivity contribution in [1.29, 1.82) is 0 Å². The van der Waals surface area contributed by atoms with Crippen LogP contribution in [-0.2, 0) is 4.74 Å². The number of unbranched alkanes of at least 4 members (excludes halogenated alkanes) is 3. The van der Waals surface area contributed by atoms with E-state index in [4.69, 9.17) is 4.74 Å². The Balaban J connectivity index is 1.53. The Bertz CT molecular complexity index is 378. The highest BCUT2D eigenvalue weighted by Crippen LogP contribution is 2.29. The SMILES string of the molecule is CCCCCCC(CCC)CN(C)[C@H]1C[C@H](OCCN2CCN(CC)CC2)C1. The van der Waals surface area contributed by atoms with E-state index in [1.54, 1.807) is 0 Å². The summed E-state index contributed by atoms with van der Waals surface area (Å²) >= 11 is 0. The summed E-state index contributed by atoms with van der Waals surface area (Å²) in [6.07, 6.45) is 12.8. The summed E-state index contributed by atoms with van der Waals surface area (Å²) in [6.45, 7) is 16.3. The minimum Gasteiger partial charge on any atom is -0.377 e. The molecule has 1 unspecified atom stereocenters. The van der Waals surface area contributed by atoms with Crippen LogP contribution in [0.2, 0.25) is 0 Å². The fourth-order valence-corrected chi connectivity index (χ4v) is 4.86. The number of hydrogen-bond acceptors (Lipinski definition) is 4. The second-order valence-corrected chi connectivity index (χ2v) is 9.34. The minimum absolute atomic E-state index is 0.513. The molecule has 0 aromatic heterocycles. The Labute approximate surface area is 176 Å². The van der Waals surface area contributed by atoms with E-state index >= 15 is 0 Å². The molecule has 0 N–H and O–H groups in total. The smallest absolute Gasteiger partial charge is 0.0605 e. The molecular formula is C24H49N3O. The van der Waals surface area contributed by atoms with Crippen LogP contribution in [-0.4, -0.2) is 86.3 Å². The van der Waals surface area contributed by atoms with Crippen LogP contribution in [0, 0.1) is 5.92 Å². The van der Waals surface area contributed by atoms with Crippen molar-refractivity contribution in [3.63, 3.8) is 0 Å². The van der Waals surface area contributed by atoms with Crippen molar-refractivity contribution in [2.24, 2.45) is 5.92 Å². The molecule has 2 aliphatic rings. The minimum atomic E-state index is 0.513. The molecule has 1 atom stereocenters. The zero-order valence-corrected chi connectivity index (χ0v) is 19.5. The number of likely N-dealkylation sites (N-methyl/N-ethyl adjacent to an activating group) is 1. The number of rotatable bonds is 15. The number of nitrogens with zero attached hydrogens (tertiary/aromatic N) is 3. The van der Waals surface area contributed by atoms with E-state index in [0.29, 0.717) is 6.10 Å². The lowest BCUT2D eigenvalue weighted by Crippen LogP contribution is -2.49. The largest absolute Gasteiger partial charge is 0.377 e. The molecule has 166 valence electrons. The predicted octanol–water partition coefficient (Wildman–Crippen LogP) is 4.49. The van der Waals surface area contributed by atoms with Gasteiger partial charge in [0.1, 0.15) is 0 Å². The van der Waals surface area contributed by atoms with E-state index in [-0.39, 0.29) is 0 Å². The first kappa shape index (κ1) is 24.1. The first-order valence-corrected chi connectivity index (χ1v) is 12.4. The van der Waals surface area contributed by atoms with Gasteiger partial charge >= 0.3 is 0 Å². The van der Waals surface area contributed by atoms with Gasteiger partial charge in [-0.3, -0.25) is 4.90 Å². The van der Waals surface area contributed by atoms with Gasteiger partial charge in [0.05, 0.1) is 12.7 Å². The molecule has 0 radical (unpaired) electrons. The maximum absolute atomic E-state index is 6.18. The van der Waals surface area contributed by atoms with Crippen molar-refractivity contribution in [1.82, 2.24) is 14.7 Å². The third-order valence-corrected chi connectivity index (χ3v) is 7.08. The highest BCUT2D eigenvalue weighted by atomic mass is 16.5. The third kappa shape index (κ3) is 8.69. The molecule has 1 aliphatic heterocycles. The summed E-state index contributed by atoms with van der Waals surface area (Å²) in [5.41, 5.74) is 0. The van der Waals surface area contributed by atoms with Crippen LogP contribution in [0.1, 0.15) is 78.6 Å². The zero-order valence-electron chi connectivity index (χ0n) is 19.5. The first-order valence-electron chi connectivity index (χ1n) is 12.4. The summed E-state index contributed by atoms with van der Waals surface area (Å²) in [4.78, 5) is 7.76. The van der Waals surface area contributed by atoms with Crippen LogP contribution < -0.4 is 0 Å². The van der Waals surface area contributed by atoms with E-state index in [1.165, 1.54) is 97.1 Å². The maximum Gasteiger partial charge on any atom is 0.0605 e. The fourth-order valence-electron chi connectivity index (χ4n) is 4.86. The molecule has 1 saturated heterocycles. The maximum atomic E-state index is 6.18. The first-order chi connectivity index (χ1) is 13.7. The van der Waals surface area contributed by atoms with E-state index in [0.717, 1.165) is 25.1 Å². The lowest BCUT2D eigenvalue weighted by Gasteiger charge is -2.42. The number of ether oxygens (including phenoxy) is 1.